The first kappa shape index (κ1) is 40.9. The second-order valence-corrected chi connectivity index (χ2v) is 18.7. The number of rotatable bonds is 18. The minimum Gasteiger partial charge on any atom is -0.772 e. The summed E-state index contributed by atoms with van der Waals surface area (Å²) in [6, 6.07) is 17.0. The van der Waals surface area contributed by atoms with Crippen LogP contribution in [-0.2, 0) is 32.0 Å². The average Bonchev–Trinajstić information content (AvgIpc) is 3.65. The number of fused-ring (bicyclic) bond motifs is 2. The van der Waals surface area contributed by atoms with Gasteiger partial charge in [-0.1, -0.05) is 87.3 Å². The zero-order chi connectivity index (χ0) is 38.4. The standard InChI is InChI=1S/C43H59N3O5S2/c1-32(2)16-15-27-44-41-33(23-25-39-42(3,4)35-17-7-9-19-37(35)45(39)28-11-13-30-52(47)48)21-22-34(41)24-26-40-43(5,6)36-18-8-10-20-38(36)46(40)29-12-14-31-53(49,50)51/h7-10,17-20,23-26,32H,11-16,21-22,27-31H2,1-6H3,(H2,47,48,49,50,51)/b34-24+,40-26+. The zero-order valence-electron chi connectivity index (χ0n) is 32.5. The molecule has 8 nitrogen and oxygen atoms in total. The third kappa shape index (κ3) is 9.87. The molecule has 0 spiro atoms. The molecule has 1 atom stereocenters. The molecular formula is C43H59N3O5S2. The molecule has 0 saturated carbocycles. The summed E-state index contributed by atoms with van der Waals surface area (Å²) in [5.74, 6) is 0.597. The molecule has 288 valence electrons. The van der Waals surface area contributed by atoms with Crippen LogP contribution in [0.5, 0.6) is 0 Å². The Morgan fingerprint density at radius 1 is 0.925 bits per heavy atom. The maximum Gasteiger partial charge on any atom is 0.264 e. The van der Waals surface area contributed by atoms with E-state index in [1.807, 2.05) is 0 Å². The summed E-state index contributed by atoms with van der Waals surface area (Å²) in [4.78, 5) is 2.32. The first-order chi connectivity index (χ1) is 25.1. The fraction of sp³-hybridized carbons (Fsp3) is 0.512. The molecule has 2 aromatic rings. The molecule has 53 heavy (non-hydrogen) atoms. The van der Waals surface area contributed by atoms with Crippen LogP contribution < -0.4 is 10.2 Å². The molecule has 0 radical (unpaired) electrons. The summed E-state index contributed by atoms with van der Waals surface area (Å²) in [7, 11) is -3.99. The lowest BCUT2D eigenvalue weighted by atomic mass is 9.81. The third-order valence-corrected chi connectivity index (χ3v) is 12.5. The van der Waals surface area contributed by atoms with Crippen LogP contribution >= 0.6 is 0 Å². The summed E-state index contributed by atoms with van der Waals surface area (Å²) < 4.78 is 56.9. The van der Waals surface area contributed by atoms with Crippen LogP contribution in [0.2, 0.25) is 0 Å². The maximum absolute atomic E-state index is 11.4. The molecule has 1 unspecified atom stereocenters. The van der Waals surface area contributed by atoms with E-state index in [-0.39, 0.29) is 22.3 Å². The summed E-state index contributed by atoms with van der Waals surface area (Å²) in [5, 5.41) is 3.85. The first-order valence-corrected chi connectivity index (χ1v) is 22.2. The van der Waals surface area contributed by atoms with Crippen molar-refractivity contribution in [2.24, 2.45) is 5.92 Å². The van der Waals surface area contributed by atoms with E-state index in [9.17, 15) is 21.7 Å². The monoisotopic (exact) mass is 761 g/mol. The molecule has 1 aliphatic carbocycles. The van der Waals surface area contributed by atoms with Gasteiger partial charge in [0, 0.05) is 65.5 Å². The van der Waals surface area contributed by atoms with Gasteiger partial charge in [-0.15, -0.1) is 0 Å². The van der Waals surface area contributed by atoms with E-state index in [1.165, 1.54) is 45.1 Å². The molecule has 0 bridgehead atoms. The normalized spacial score (nSPS) is 20.1. The van der Waals surface area contributed by atoms with Gasteiger partial charge in [-0.25, -0.2) is 0 Å². The molecular weight excluding hydrogens is 703 g/mol. The van der Waals surface area contributed by atoms with Gasteiger partial charge < -0.3 is 14.8 Å². The molecule has 2 N–H and O–H groups in total. The number of para-hydroxylation sites is 2. The number of hydrogen-bond donors (Lipinski definition) is 2. The number of allylic oxidation sites excluding steroid dienone is 7. The van der Waals surface area contributed by atoms with Gasteiger partial charge in [0.05, 0.1) is 11.2 Å². The Labute approximate surface area is 320 Å². The average molecular weight is 762 g/mol. The van der Waals surface area contributed by atoms with Gasteiger partial charge >= 0.3 is 0 Å². The van der Waals surface area contributed by atoms with Crippen LogP contribution in [0.25, 0.3) is 0 Å². The predicted molar refractivity (Wildman–Crippen MR) is 218 cm³/mol. The Balaban J connectivity index is 1.49. The van der Waals surface area contributed by atoms with E-state index in [1.54, 1.807) is 0 Å². The lowest BCUT2D eigenvalue weighted by Crippen LogP contribution is -2.28. The minimum absolute atomic E-state index is 0.184. The van der Waals surface area contributed by atoms with Crippen LogP contribution in [0, 0.1) is 5.92 Å². The Kier molecular flexibility index (Phi) is 13.4. The van der Waals surface area contributed by atoms with Crippen LogP contribution in [-0.4, -0.2) is 63.2 Å². The van der Waals surface area contributed by atoms with Gasteiger partial charge in [0.25, 0.3) is 10.1 Å². The van der Waals surface area contributed by atoms with Crippen molar-refractivity contribution < 1.29 is 26.3 Å². The van der Waals surface area contributed by atoms with Gasteiger partial charge in [0.1, 0.15) is 6.54 Å². The van der Waals surface area contributed by atoms with Gasteiger partial charge in [-0.2, -0.15) is 13.0 Å². The number of benzene rings is 2. The van der Waals surface area contributed by atoms with E-state index in [2.05, 4.69) is 129 Å². The van der Waals surface area contributed by atoms with Crippen molar-refractivity contribution >= 4 is 38.3 Å². The van der Waals surface area contributed by atoms with Crippen LogP contribution in [0.15, 0.2) is 95.4 Å². The second kappa shape index (κ2) is 17.4. The lowest BCUT2D eigenvalue weighted by Gasteiger charge is -2.27. The SMILES string of the molecule is CC(C)CCCNC1=C(/C=C/C2=[N+](CCCCS(=O)[O-])c3ccccc3C2(C)C)CC/C1=C\C=C1\N(CCCCS(=O)(=O)O)c2ccccc2C1(C)C. The summed E-state index contributed by atoms with van der Waals surface area (Å²) in [6.45, 7) is 15.9. The summed E-state index contributed by atoms with van der Waals surface area (Å²) >= 11 is -2.02. The number of hydrogen-bond acceptors (Lipinski definition) is 6. The molecule has 2 heterocycles. The molecule has 2 aliphatic heterocycles. The van der Waals surface area contributed by atoms with E-state index in [4.69, 9.17) is 0 Å². The fourth-order valence-electron chi connectivity index (χ4n) is 8.18. The number of anilines is 1. The molecule has 5 rings (SSSR count). The maximum atomic E-state index is 11.4. The van der Waals surface area contributed by atoms with Gasteiger partial charge in [-0.05, 0) is 93.6 Å². The van der Waals surface area contributed by atoms with Crippen LogP contribution in [0.3, 0.4) is 0 Å². The van der Waals surface area contributed by atoms with Crippen molar-refractivity contribution in [1.82, 2.24) is 5.32 Å². The van der Waals surface area contributed by atoms with Gasteiger partial charge in [-0.3, -0.25) is 8.76 Å². The van der Waals surface area contributed by atoms with E-state index in [0.717, 1.165) is 50.9 Å². The van der Waals surface area contributed by atoms with Crippen molar-refractivity contribution in [2.75, 3.05) is 36.0 Å². The Morgan fingerprint density at radius 3 is 2.36 bits per heavy atom. The first-order valence-electron chi connectivity index (χ1n) is 19.3. The highest BCUT2D eigenvalue weighted by atomic mass is 32.2. The lowest BCUT2D eigenvalue weighted by molar-refractivity contribution is -0.438. The highest BCUT2D eigenvalue weighted by molar-refractivity contribution is 7.85. The largest absolute Gasteiger partial charge is 0.772 e. The van der Waals surface area contributed by atoms with Crippen molar-refractivity contribution in [3.05, 3.63) is 107 Å². The Hall–Kier alpha value is -3.31. The smallest absolute Gasteiger partial charge is 0.264 e. The van der Waals surface area contributed by atoms with E-state index >= 15 is 0 Å². The van der Waals surface area contributed by atoms with Gasteiger partial charge in [0.2, 0.25) is 5.69 Å². The topological polar surface area (TPSA) is 113 Å². The van der Waals surface area contributed by atoms with Crippen LogP contribution in [0.1, 0.15) is 104 Å². The van der Waals surface area contributed by atoms with Crippen molar-refractivity contribution in [1.29, 1.82) is 0 Å². The minimum atomic E-state index is -3.99. The second-order valence-electron chi connectivity index (χ2n) is 16.1. The van der Waals surface area contributed by atoms with Crippen LogP contribution in [0.4, 0.5) is 11.4 Å². The highest BCUT2D eigenvalue weighted by Crippen LogP contribution is 2.48. The van der Waals surface area contributed by atoms with E-state index < -0.39 is 21.2 Å². The molecule has 0 aromatic heterocycles. The third-order valence-electron chi connectivity index (χ3n) is 11.0. The summed E-state index contributed by atoms with van der Waals surface area (Å²) in [6.07, 6.45) is 15.7. The Morgan fingerprint density at radius 2 is 1.64 bits per heavy atom. The zero-order valence-corrected chi connectivity index (χ0v) is 34.1. The molecule has 10 heteroatoms. The quantitative estimate of drug-likeness (QED) is 0.0677. The molecule has 0 amide bonds. The van der Waals surface area contributed by atoms with E-state index in [0.29, 0.717) is 31.7 Å². The summed E-state index contributed by atoms with van der Waals surface area (Å²) in [5.41, 5.74) is 10.6. The predicted octanol–water partition coefficient (Wildman–Crippen LogP) is 8.63. The molecule has 2 aromatic carbocycles. The number of nitrogens with zero attached hydrogens (tertiary/aromatic N) is 2. The molecule has 0 fully saturated rings. The number of unbranched alkanes of at least 4 members (excludes halogenated alkanes) is 2. The number of nitrogens with one attached hydrogen (secondary N) is 1. The van der Waals surface area contributed by atoms with Crippen molar-refractivity contribution in [2.45, 2.75) is 104 Å². The highest BCUT2D eigenvalue weighted by Gasteiger charge is 2.44. The fourth-order valence-corrected chi connectivity index (χ4v) is 9.19. The van der Waals surface area contributed by atoms with Crippen molar-refractivity contribution in [3.63, 3.8) is 0 Å². The molecule has 3 aliphatic rings. The van der Waals surface area contributed by atoms with Gasteiger partial charge in [0.15, 0.2) is 5.71 Å². The molecule has 0 saturated heterocycles. The Bertz CT molecular complexity index is 1940. The van der Waals surface area contributed by atoms with Crippen molar-refractivity contribution in [3.8, 4) is 0 Å².